The second kappa shape index (κ2) is 8.24. The number of nitrogens with one attached hydrogen (secondary N) is 1. The third-order valence-corrected chi connectivity index (χ3v) is 7.31. The van der Waals surface area contributed by atoms with E-state index < -0.39 is 6.04 Å². The zero-order chi connectivity index (χ0) is 22.4. The van der Waals surface area contributed by atoms with Crippen molar-refractivity contribution < 1.29 is 9.59 Å². The Bertz CT molecular complexity index is 1210. The Morgan fingerprint density at radius 3 is 2.56 bits per heavy atom. The van der Waals surface area contributed by atoms with Crippen molar-refractivity contribution >= 4 is 40.0 Å². The van der Waals surface area contributed by atoms with Crippen LogP contribution in [0.1, 0.15) is 54.5 Å². The van der Waals surface area contributed by atoms with Crippen LogP contribution >= 0.6 is 11.6 Å². The summed E-state index contributed by atoms with van der Waals surface area (Å²) in [6, 6.07) is 12.1. The smallest absolute Gasteiger partial charge is 0.251 e. The van der Waals surface area contributed by atoms with E-state index in [9.17, 15) is 9.59 Å². The van der Waals surface area contributed by atoms with Crippen molar-refractivity contribution in [2.45, 2.75) is 51.5 Å². The number of benzene rings is 2. The van der Waals surface area contributed by atoms with E-state index in [2.05, 4.69) is 35.3 Å². The molecular formula is C25H27ClN4O2. The zero-order valence-electron chi connectivity index (χ0n) is 18.4. The third kappa shape index (κ3) is 3.66. The minimum Gasteiger partial charge on any atom is -0.371 e. The van der Waals surface area contributed by atoms with E-state index in [-0.39, 0.29) is 11.8 Å². The van der Waals surface area contributed by atoms with Crippen LogP contribution in [0.2, 0.25) is 5.02 Å². The van der Waals surface area contributed by atoms with Crippen molar-refractivity contribution in [3.63, 3.8) is 0 Å². The molecule has 0 bridgehead atoms. The number of aryl methyl sites for hydroxylation is 2. The molecule has 0 saturated carbocycles. The first-order chi connectivity index (χ1) is 15.4. The van der Waals surface area contributed by atoms with Gasteiger partial charge in [-0.25, -0.2) is 0 Å². The molecule has 6 nitrogen and oxygen atoms in total. The normalized spacial score (nSPS) is 20.1. The molecule has 1 atom stereocenters. The van der Waals surface area contributed by atoms with Crippen LogP contribution in [0.5, 0.6) is 0 Å². The van der Waals surface area contributed by atoms with Gasteiger partial charge < -0.3 is 4.90 Å². The lowest BCUT2D eigenvalue weighted by atomic mass is 9.88. The highest BCUT2D eigenvalue weighted by atomic mass is 35.5. The molecule has 166 valence electrons. The highest BCUT2D eigenvalue weighted by molar-refractivity contribution is 6.31. The van der Waals surface area contributed by atoms with Crippen LogP contribution in [0.25, 0.3) is 10.9 Å². The summed E-state index contributed by atoms with van der Waals surface area (Å²) in [6.07, 6.45) is 2.99. The minimum atomic E-state index is -0.446. The van der Waals surface area contributed by atoms with Crippen LogP contribution in [0.3, 0.4) is 0 Å². The number of imide groups is 1. The van der Waals surface area contributed by atoms with Crippen molar-refractivity contribution in [1.82, 2.24) is 15.1 Å². The number of piperidine rings is 2. The summed E-state index contributed by atoms with van der Waals surface area (Å²) in [5.74, 6) is 0.0581. The first-order valence-corrected chi connectivity index (χ1v) is 11.6. The van der Waals surface area contributed by atoms with Gasteiger partial charge in [-0.05, 0) is 68.4 Å². The molecule has 1 N–H and O–H groups in total. The zero-order valence-corrected chi connectivity index (χ0v) is 19.2. The topological polar surface area (TPSA) is 67.2 Å². The Kier molecular flexibility index (Phi) is 5.41. The van der Waals surface area contributed by atoms with Gasteiger partial charge >= 0.3 is 0 Å². The molecule has 32 heavy (non-hydrogen) atoms. The number of halogens is 1. The maximum absolute atomic E-state index is 12.4. The molecule has 0 aliphatic carbocycles. The minimum absolute atomic E-state index is 0.209. The van der Waals surface area contributed by atoms with Gasteiger partial charge in [0.15, 0.2) is 0 Å². The Morgan fingerprint density at radius 1 is 1.06 bits per heavy atom. The van der Waals surface area contributed by atoms with E-state index in [1.165, 1.54) is 11.3 Å². The second-order valence-corrected chi connectivity index (χ2v) is 9.35. The quantitative estimate of drug-likeness (QED) is 0.589. The van der Waals surface area contributed by atoms with Crippen LogP contribution in [0, 0.1) is 13.8 Å². The average Bonchev–Trinajstić information content (AvgIpc) is 3.12. The Balaban J connectivity index is 1.41. The maximum Gasteiger partial charge on any atom is 0.251 e. The van der Waals surface area contributed by atoms with Gasteiger partial charge in [0.25, 0.3) is 5.91 Å². The van der Waals surface area contributed by atoms with Gasteiger partial charge in [-0.15, -0.1) is 0 Å². The number of rotatable bonds is 3. The molecule has 2 amide bonds. The maximum atomic E-state index is 12.4. The lowest BCUT2D eigenvalue weighted by molar-refractivity contribution is -0.135. The third-order valence-electron chi connectivity index (χ3n) is 6.88. The molecule has 3 aromatic rings. The van der Waals surface area contributed by atoms with Gasteiger partial charge in [0.2, 0.25) is 5.91 Å². The van der Waals surface area contributed by atoms with E-state index in [1.807, 2.05) is 25.1 Å². The fraction of sp³-hybridized carbons (Fsp3) is 0.400. The summed E-state index contributed by atoms with van der Waals surface area (Å²) < 4.78 is 1.80. The van der Waals surface area contributed by atoms with E-state index >= 15 is 0 Å². The standard InChI is InChI=1S/C25H27ClN4O2/c1-15-14-18(6-7-19(15)26)17-10-12-29(13-11-17)20-4-3-5-21-24(20)16(2)28-30(21)22-8-9-23(31)27-25(22)32/h3-7,14,17,22H,8-13H2,1-2H3,(H,27,31,32). The van der Waals surface area contributed by atoms with Gasteiger partial charge in [0.05, 0.1) is 11.2 Å². The van der Waals surface area contributed by atoms with E-state index in [1.54, 1.807) is 4.68 Å². The van der Waals surface area contributed by atoms with Crippen molar-refractivity contribution in [2.24, 2.45) is 0 Å². The molecule has 7 heteroatoms. The van der Waals surface area contributed by atoms with Crippen LogP contribution in [0.15, 0.2) is 36.4 Å². The van der Waals surface area contributed by atoms with Gasteiger partial charge in [-0.2, -0.15) is 5.10 Å². The van der Waals surface area contributed by atoms with Crippen molar-refractivity contribution in [1.29, 1.82) is 0 Å². The molecule has 2 aliphatic rings. The molecule has 2 saturated heterocycles. The number of hydrogen-bond acceptors (Lipinski definition) is 4. The summed E-state index contributed by atoms with van der Waals surface area (Å²) in [4.78, 5) is 26.5. The first kappa shape index (κ1) is 21.0. The number of fused-ring (bicyclic) bond motifs is 1. The number of anilines is 1. The number of amides is 2. The molecule has 2 aromatic carbocycles. The average molecular weight is 451 g/mol. The summed E-state index contributed by atoms with van der Waals surface area (Å²) in [7, 11) is 0. The monoisotopic (exact) mass is 450 g/mol. The highest BCUT2D eigenvalue weighted by Gasteiger charge is 2.31. The van der Waals surface area contributed by atoms with Crippen LogP contribution in [-0.2, 0) is 9.59 Å². The van der Waals surface area contributed by atoms with E-state index in [0.717, 1.165) is 53.1 Å². The van der Waals surface area contributed by atoms with Crippen LogP contribution < -0.4 is 10.2 Å². The van der Waals surface area contributed by atoms with Crippen molar-refractivity contribution in [3.05, 3.63) is 58.2 Å². The predicted octanol–water partition coefficient (Wildman–Crippen LogP) is 4.67. The summed E-state index contributed by atoms with van der Waals surface area (Å²) >= 11 is 6.21. The number of nitrogens with zero attached hydrogens (tertiary/aromatic N) is 3. The van der Waals surface area contributed by atoms with Crippen LogP contribution in [-0.4, -0.2) is 34.7 Å². The lowest BCUT2D eigenvalue weighted by Crippen LogP contribution is -2.42. The summed E-state index contributed by atoms with van der Waals surface area (Å²) in [6.45, 7) is 5.99. The van der Waals surface area contributed by atoms with Gasteiger partial charge in [0, 0.05) is 35.6 Å². The van der Waals surface area contributed by atoms with Gasteiger partial charge in [-0.1, -0.05) is 29.8 Å². The molecule has 0 spiro atoms. The van der Waals surface area contributed by atoms with Crippen molar-refractivity contribution in [3.8, 4) is 0 Å². The molecule has 3 heterocycles. The van der Waals surface area contributed by atoms with E-state index in [0.29, 0.717) is 18.8 Å². The molecule has 0 radical (unpaired) electrons. The largest absolute Gasteiger partial charge is 0.371 e. The summed E-state index contributed by atoms with van der Waals surface area (Å²) in [5, 5.41) is 9.10. The van der Waals surface area contributed by atoms with Gasteiger partial charge in [0.1, 0.15) is 6.04 Å². The molecular weight excluding hydrogens is 424 g/mol. The Labute approximate surface area is 192 Å². The number of aromatic nitrogens is 2. The molecule has 1 unspecified atom stereocenters. The van der Waals surface area contributed by atoms with Crippen LogP contribution in [0.4, 0.5) is 5.69 Å². The number of carbonyl (C=O) groups excluding carboxylic acids is 2. The summed E-state index contributed by atoms with van der Waals surface area (Å²) in [5.41, 5.74) is 5.53. The fourth-order valence-corrected chi connectivity index (χ4v) is 5.27. The highest BCUT2D eigenvalue weighted by Crippen LogP contribution is 2.37. The van der Waals surface area contributed by atoms with E-state index in [4.69, 9.17) is 16.7 Å². The number of carbonyl (C=O) groups is 2. The predicted molar refractivity (Wildman–Crippen MR) is 126 cm³/mol. The molecule has 1 aromatic heterocycles. The first-order valence-electron chi connectivity index (χ1n) is 11.2. The SMILES string of the molecule is Cc1cc(C2CCN(c3cccc4c3c(C)nn4C3CCC(=O)NC3=O)CC2)ccc1Cl. The lowest BCUT2D eigenvalue weighted by Gasteiger charge is -2.34. The molecule has 2 aliphatic heterocycles. The Morgan fingerprint density at radius 2 is 1.84 bits per heavy atom. The number of hydrogen-bond donors (Lipinski definition) is 1. The van der Waals surface area contributed by atoms with Gasteiger partial charge in [-0.3, -0.25) is 19.6 Å². The molecule has 2 fully saturated rings. The second-order valence-electron chi connectivity index (χ2n) is 8.94. The Hall–Kier alpha value is -2.86. The molecule has 5 rings (SSSR count). The van der Waals surface area contributed by atoms with Crippen molar-refractivity contribution in [2.75, 3.05) is 18.0 Å². The fourth-order valence-electron chi connectivity index (χ4n) is 5.15.